The summed E-state index contributed by atoms with van der Waals surface area (Å²) >= 11 is 0. The Kier molecular flexibility index (Phi) is 6.97. The van der Waals surface area contributed by atoms with Crippen LogP contribution in [0.3, 0.4) is 0 Å². The molecule has 7 heteroatoms. The second-order valence-electron chi connectivity index (χ2n) is 11.4. The molecule has 192 valence electrons. The summed E-state index contributed by atoms with van der Waals surface area (Å²) in [5, 5.41) is 3.36. The van der Waals surface area contributed by atoms with E-state index in [4.69, 9.17) is 4.42 Å². The summed E-state index contributed by atoms with van der Waals surface area (Å²) in [4.78, 5) is 32.1. The van der Waals surface area contributed by atoms with Gasteiger partial charge in [-0.05, 0) is 46.6 Å². The van der Waals surface area contributed by atoms with Crippen LogP contribution < -0.4 is 5.32 Å². The highest BCUT2D eigenvalue weighted by molar-refractivity contribution is 6.03. The van der Waals surface area contributed by atoms with Gasteiger partial charge in [0.15, 0.2) is 5.58 Å². The van der Waals surface area contributed by atoms with Gasteiger partial charge in [0.1, 0.15) is 17.0 Å². The van der Waals surface area contributed by atoms with Crippen LogP contribution in [-0.4, -0.2) is 63.9 Å². The minimum absolute atomic E-state index is 0.0224. The second-order valence-corrected chi connectivity index (χ2v) is 11.4. The zero-order valence-electron chi connectivity index (χ0n) is 21.8. The molecule has 1 N–H and O–H groups in total. The van der Waals surface area contributed by atoms with Crippen LogP contribution in [0.5, 0.6) is 0 Å². The fraction of sp³-hybridized carbons (Fsp3) is 0.714. The van der Waals surface area contributed by atoms with Gasteiger partial charge in [-0.1, -0.05) is 44.9 Å². The summed E-state index contributed by atoms with van der Waals surface area (Å²) in [6, 6.07) is 4.60. The first-order chi connectivity index (χ1) is 16.9. The number of aryl methyl sites for hydroxylation is 1. The van der Waals surface area contributed by atoms with E-state index in [1.165, 1.54) is 44.9 Å². The molecule has 35 heavy (non-hydrogen) atoms. The second kappa shape index (κ2) is 10.00. The van der Waals surface area contributed by atoms with Gasteiger partial charge in [0.05, 0.1) is 12.1 Å². The molecule has 0 bridgehead atoms. The molecule has 0 saturated heterocycles. The van der Waals surface area contributed by atoms with Crippen molar-refractivity contribution < 1.29 is 14.0 Å². The van der Waals surface area contributed by atoms with Crippen molar-refractivity contribution in [3.63, 3.8) is 0 Å². The third-order valence-corrected chi connectivity index (χ3v) is 8.79. The van der Waals surface area contributed by atoms with E-state index in [2.05, 4.69) is 17.3 Å². The molecule has 1 unspecified atom stereocenters. The molecule has 0 spiro atoms. The molecule has 2 fully saturated rings. The molecular weight excluding hydrogens is 440 g/mol. The molecule has 0 radical (unpaired) electrons. The maximum atomic E-state index is 13.9. The molecule has 3 aliphatic rings. The summed E-state index contributed by atoms with van der Waals surface area (Å²) in [6.07, 6.45) is 13.2. The lowest BCUT2D eigenvalue weighted by Gasteiger charge is -2.45. The Morgan fingerprint density at radius 3 is 2.46 bits per heavy atom. The molecule has 7 nitrogen and oxygen atoms in total. The van der Waals surface area contributed by atoms with Gasteiger partial charge in [-0.3, -0.25) is 9.59 Å². The molecule has 2 aromatic rings. The first kappa shape index (κ1) is 24.4. The van der Waals surface area contributed by atoms with Gasteiger partial charge in [0, 0.05) is 37.3 Å². The topological polar surface area (TPSA) is 70.7 Å². The number of hydrogen-bond acceptors (Lipinski definition) is 4. The van der Waals surface area contributed by atoms with Crippen LogP contribution in [0.1, 0.15) is 93.8 Å². The number of furan rings is 1. The maximum Gasteiger partial charge on any atom is 0.271 e. The summed E-state index contributed by atoms with van der Waals surface area (Å²) < 4.78 is 7.85. The van der Waals surface area contributed by atoms with Crippen LogP contribution in [0, 0.1) is 6.92 Å². The normalized spacial score (nSPS) is 24.7. The van der Waals surface area contributed by atoms with E-state index in [-0.39, 0.29) is 17.9 Å². The zero-order valence-corrected chi connectivity index (χ0v) is 21.8. The number of hydrogen-bond donors (Lipinski definition) is 1. The van der Waals surface area contributed by atoms with E-state index in [0.717, 1.165) is 49.1 Å². The van der Waals surface area contributed by atoms with Crippen LogP contribution in [0.15, 0.2) is 16.5 Å². The molecule has 0 aromatic carbocycles. The van der Waals surface area contributed by atoms with E-state index in [0.29, 0.717) is 24.8 Å². The van der Waals surface area contributed by atoms with E-state index < -0.39 is 5.54 Å². The van der Waals surface area contributed by atoms with Crippen molar-refractivity contribution in [2.75, 3.05) is 20.1 Å². The first-order valence-electron chi connectivity index (χ1n) is 13.8. The number of nitrogens with one attached hydrogen (secondary N) is 1. The number of fused-ring (bicyclic) bond motifs is 3. The quantitative estimate of drug-likeness (QED) is 0.597. The Morgan fingerprint density at radius 2 is 1.74 bits per heavy atom. The van der Waals surface area contributed by atoms with Crippen molar-refractivity contribution in [2.45, 2.75) is 109 Å². The molecule has 2 aromatic heterocycles. The number of aromatic nitrogens is 1. The van der Waals surface area contributed by atoms with E-state index in [1.807, 2.05) is 35.4 Å². The van der Waals surface area contributed by atoms with Gasteiger partial charge in [-0.15, -0.1) is 0 Å². The predicted molar refractivity (Wildman–Crippen MR) is 138 cm³/mol. The van der Waals surface area contributed by atoms with Crippen LogP contribution in [0.25, 0.3) is 11.1 Å². The molecule has 5 rings (SSSR count). The van der Waals surface area contributed by atoms with Crippen molar-refractivity contribution in [3.8, 4) is 0 Å². The maximum absolute atomic E-state index is 13.9. The Balaban J connectivity index is 1.41. The van der Waals surface area contributed by atoms with E-state index in [1.54, 1.807) is 0 Å². The molecular formula is C28H42N4O3. The highest BCUT2D eigenvalue weighted by atomic mass is 16.3. The lowest BCUT2D eigenvalue weighted by molar-refractivity contribution is -0.133. The van der Waals surface area contributed by atoms with Crippen LogP contribution >= 0.6 is 0 Å². The minimum Gasteiger partial charge on any atom is -0.460 e. The largest absolute Gasteiger partial charge is 0.460 e. The van der Waals surface area contributed by atoms with Gasteiger partial charge in [0.25, 0.3) is 5.91 Å². The average molecular weight is 483 g/mol. The SMILES string of the molecule is Cc1cc2c(cc3n2CC(C)(C(=O)NC2CCCCCC2)N(CCN(C)C2CCCCC2)C3=O)o1. The molecule has 2 amide bonds. The number of likely N-dealkylation sites (N-methyl/N-ethyl adjacent to an activating group) is 1. The average Bonchev–Trinajstić information content (AvgIpc) is 3.24. The monoisotopic (exact) mass is 482 g/mol. The minimum atomic E-state index is -0.944. The van der Waals surface area contributed by atoms with Crippen molar-refractivity contribution in [1.29, 1.82) is 0 Å². The summed E-state index contributed by atoms with van der Waals surface area (Å²) in [6.45, 7) is 5.65. The smallest absolute Gasteiger partial charge is 0.271 e. The van der Waals surface area contributed by atoms with Crippen molar-refractivity contribution in [2.24, 2.45) is 0 Å². The van der Waals surface area contributed by atoms with Gasteiger partial charge < -0.3 is 24.1 Å². The Bertz CT molecular complexity index is 1060. The Morgan fingerprint density at radius 1 is 1.09 bits per heavy atom. The van der Waals surface area contributed by atoms with E-state index >= 15 is 0 Å². The fourth-order valence-corrected chi connectivity index (χ4v) is 6.54. The highest BCUT2D eigenvalue weighted by Crippen LogP contribution is 2.34. The standard InChI is InChI=1S/C28H42N4O3/c1-20-17-23-25(35-20)18-24-26(33)32(16-15-30(3)22-13-9-6-10-14-22)28(2,19-31(23)24)27(34)29-21-11-7-4-5-8-12-21/h17-18,21-22H,4-16,19H2,1-3H3,(H,29,34). The number of carbonyl (C=O) groups is 2. The lowest BCUT2D eigenvalue weighted by Crippen LogP contribution is -2.65. The Labute approximate surface area is 209 Å². The lowest BCUT2D eigenvalue weighted by atomic mass is 9.93. The molecule has 1 atom stereocenters. The fourth-order valence-electron chi connectivity index (χ4n) is 6.54. The number of amides is 2. The van der Waals surface area contributed by atoms with Crippen LogP contribution in [0.2, 0.25) is 0 Å². The number of nitrogens with zero attached hydrogens (tertiary/aromatic N) is 3. The van der Waals surface area contributed by atoms with Gasteiger partial charge in [-0.25, -0.2) is 0 Å². The van der Waals surface area contributed by atoms with Crippen molar-refractivity contribution in [1.82, 2.24) is 19.7 Å². The van der Waals surface area contributed by atoms with Crippen LogP contribution in [0.4, 0.5) is 0 Å². The van der Waals surface area contributed by atoms with Crippen molar-refractivity contribution in [3.05, 3.63) is 23.6 Å². The molecule has 2 saturated carbocycles. The first-order valence-corrected chi connectivity index (χ1v) is 13.8. The van der Waals surface area contributed by atoms with Gasteiger partial charge in [-0.2, -0.15) is 0 Å². The summed E-state index contributed by atoms with van der Waals surface area (Å²) in [5.41, 5.74) is 1.30. The zero-order chi connectivity index (χ0) is 24.6. The number of rotatable bonds is 6. The number of carbonyl (C=O) groups excluding carboxylic acids is 2. The van der Waals surface area contributed by atoms with E-state index in [9.17, 15) is 9.59 Å². The van der Waals surface area contributed by atoms with Crippen LogP contribution in [-0.2, 0) is 11.3 Å². The molecule has 1 aliphatic heterocycles. The predicted octanol–water partition coefficient (Wildman–Crippen LogP) is 4.86. The highest BCUT2D eigenvalue weighted by Gasteiger charge is 2.48. The van der Waals surface area contributed by atoms with Crippen molar-refractivity contribution >= 4 is 22.9 Å². The van der Waals surface area contributed by atoms with Gasteiger partial charge in [0.2, 0.25) is 5.91 Å². The third kappa shape index (κ3) is 4.76. The molecule has 2 aliphatic carbocycles. The Hall–Kier alpha value is -2.28. The summed E-state index contributed by atoms with van der Waals surface area (Å²) in [5.74, 6) is 0.723. The third-order valence-electron chi connectivity index (χ3n) is 8.79. The summed E-state index contributed by atoms with van der Waals surface area (Å²) in [7, 11) is 2.17. The van der Waals surface area contributed by atoms with Gasteiger partial charge >= 0.3 is 0 Å². The molecule has 3 heterocycles.